The number of benzene rings is 1. The molecule has 31 heavy (non-hydrogen) atoms. The van der Waals surface area contributed by atoms with E-state index in [1.165, 1.54) is 0 Å². The summed E-state index contributed by atoms with van der Waals surface area (Å²) >= 11 is 0. The molecule has 3 N–H and O–H groups in total. The van der Waals surface area contributed by atoms with Gasteiger partial charge in [0, 0.05) is 63.5 Å². The standard InChI is InChI=1S/C23H37N3O5/c1-16(2)25-18-12-19(22-21(13-18)30-10-5-11-31-22)23(28)24-14-17-6-8-26(15-20(17)27)7-4-9-29-3/h12-13,16-17,20,25,27H,4-11,14-15H2,1-3H3,(H,24,28)/t17-,20?/m0/s1. The molecule has 8 heteroatoms. The Balaban J connectivity index is 1.62. The largest absolute Gasteiger partial charge is 0.489 e. The van der Waals surface area contributed by atoms with Gasteiger partial charge in [0.05, 0.1) is 24.9 Å². The summed E-state index contributed by atoms with van der Waals surface area (Å²) in [5, 5.41) is 16.9. The fraction of sp³-hybridized carbons (Fsp3) is 0.696. The van der Waals surface area contributed by atoms with E-state index in [-0.39, 0.29) is 17.9 Å². The smallest absolute Gasteiger partial charge is 0.255 e. The van der Waals surface area contributed by atoms with Crippen molar-refractivity contribution in [3.8, 4) is 11.5 Å². The van der Waals surface area contributed by atoms with Crippen LogP contribution in [-0.2, 0) is 4.74 Å². The average molecular weight is 436 g/mol. The number of fused-ring (bicyclic) bond motifs is 1. The highest BCUT2D eigenvalue weighted by Gasteiger charge is 2.29. The SMILES string of the molecule is COCCCN1CC[C@@H](CNC(=O)c2cc(NC(C)C)cc3c2OCCCO3)C(O)C1. The number of anilines is 1. The third kappa shape index (κ3) is 6.72. The van der Waals surface area contributed by atoms with Crippen molar-refractivity contribution in [2.45, 2.75) is 45.3 Å². The molecular formula is C23H37N3O5. The molecule has 2 aliphatic heterocycles. The van der Waals surface area contributed by atoms with Crippen molar-refractivity contribution < 1.29 is 24.1 Å². The van der Waals surface area contributed by atoms with E-state index in [0.717, 1.165) is 44.6 Å². The first-order valence-electron chi connectivity index (χ1n) is 11.4. The predicted molar refractivity (Wildman–Crippen MR) is 120 cm³/mol. The Morgan fingerprint density at radius 2 is 2.13 bits per heavy atom. The second kappa shape index (κ2) is 11.5. The summed E-state index contributed by atoms with van der Waals surface area (Å²) in [4.78, 5) is 15.3. The van der Waals surface area contributed by atoms with Gasteiger partial charge in [-0.3, -0.25) is 4.79 Å². The van der Waals surface area contributed by atoms with Crippen LogP contribution in [0, 0.1) is 5.92 Å². The van der Waals surface area contributed by atoms with E-state index in [2.05, 4.69) is 15.5 Å². The number of ether oxygens (including phenoxy) is 3. The zero-order valence-corrected chi connectivity index (χ0v) is 19.0. The van der Waals surface area contributed by atoms with Gasteiger partial charge < -0.3 is 34.9 Å². The minimum atomic E-state index is -0.456. The van der Waals surface area contributed by atoms with Gasteiger partial charge in [-0.15, -0.1) is 0 Å². The average Bonchev–Trinajstić information content (AvgIpc) is 2.97. The lowest BCUT2D eigenvalue weighted by Gasteiger charge is -2.36. The lowest BCUT2D eigenvalue weighted by molar-refractivity contribution is 0.0192. The molecule has 1 aromatic carbocycles. The molecule has 2 aliphatic rings. The third-order valence-corrected chi connectivity index (χ3v) is 5.70. The molecule has 1 saturated heterocycles. The molecule has 1 aromatic rings. The van der Waals surface area contributed by atoms with Gasteiger partial charge in [0.25, 0.3) is 5.91 Å². The zero-order valence-electron chi connectivity index (χ0n) is 19.0. The van der Waals surface area contributed by atoms with E-state index in [4.69, 9.17) is 14.2 Å². The summed E-state index contributed by atoms with van der Waals surface area (Å²) in [6.45, 7) is 8.81. The highest BCUT2D eigenvalue weighted by Crippen LogP contribution is 2.37. The topological polar surface area (TPSA) is 92.3 Å². The van der Waals surface area contributed by atoms with Crippen molar-refractivity contribution in [3.05, 3.63) is 17.7 Å². The third-order valence-electron chi connectivity index (χ3n) is 5.70. The van der Waals surface area contributed by atoms with Crippen LogP contribution in [0.1, 0.15) is 43.5 Å². The predicted octanol–water partition coefficient (Wildman–Crippen LogP) is 2.12. The number of methoxy groups -OCH3 is 1. The number of rotatable bonds is 9. The Labute approximate surface area is 185 Å². The maximum atomic E-state index is 13.1. The Morgan fingerprint density at radius 3 is 2.87 bits per heavy atom. The van der Waals surface area contributed by atoms with Crippen molar-refractivity contribution in [2.24, 2.45) is 5.92 Å². The number of likely N-dealkylation sites (tertiary alicyclic amines) is 1. The minimum absolute atomic E-state index is 0.0374. The van der Waals surface area contributed by atoms with Gasteiger partial charge in [0.2, 0.25) is 0 Å². The number of amides is 1. The molecule has 0 saturated carbocycles. The summed E-state index contributed by atoms with van der Waals surface area (Å²) in [7, 11) is 1.70. The first kappa shape index (κ1) is 23.6. The van der Waals surface area contributed by atoms with Crippen LogP contribution in [-0.4, -0.2) is 81.2 Å². The van der Waals surface area contributed by atoms with Gasteiger partial charge in [-0.05, 0) is 39.3 Å². The molecule has 1 unspecified atom stereocenters. The number of hydrogen-bond acceptors (Lipinski definition) is 7. The van der Waals surface area contributed by atoms with Gasteiger partial charge >= 0.3 is 0 Å². The normalized spacial score (nSPS) is 21.6. The Kier molecular flexibility index (Phi) is 8.80. The zero-order chi connectivity index (χ0) is 22.2. The Morgan fingerprint density at radius 1 is 1.32 bits per heavy atom. The van der Waals surface area contributed by atoms with E-state index in [1.807, 2.05) is 26.0 Å². The first-order chi connectivity index (χ1) is 15.0. The van der Waals surface area contributed by atoms with E-state index in [0.29, 0.717) is 43.4 Å². The van der Waals surface area contributed by atoms with Crippen LogP contribution in [0.25, 0.3) is 0 Å². The summed E-state index contributed by atoms with van der Waals surface area (Å²) in [6.07, 6.45) is 2.12. The highest BCUT2D eigenvalue weighted by molar-refractivity contribution is 5.99. The van der Waals surface area contributed by atoms with Crippen molar-refractivity contribution >= 4 is 11.6 Å². The molecule has 2 heterocycles. The molecule has 0 aromatic heterocycles. The van der Waals surface area contributed by atoms with Crippen LogP contribution in [0.4, 0.5) is 5.69 Å². The number of nitrogens with zero attached hydrogens (tertiary/aromatic N) is 1. The number of carbonyl (C=O) groups is 1. The monoisotopic (exact) mass is 435 g/mol. The Bertz CT molecular complexity index is 727. The van der Waals surface area contributed by atoms with E-state index in [1.54, 1.807) is 7.11 Å². The van der Waals surface area contributed by atoms with Crippen LogP contribution >= 0.6 is 0 Å². The van der Waals surface area contributed by atoms with Crippen molar-refractivity contribution in [3.63, 3.8) is 0 Å². The fourth-order valence-corrected chi connectivity index (χ4v) is 4.10. The quantitative estimate of drug-likeness (QED) is 0.512. The molecule has 174 valence electrons. The second-order valence-corrected chi connectivity index (χ2v) is 8.67. The molecule has 0 radical (unpaired) electrons. The molecule has 1 fully saturated rings. The Hall–Kier alpha value is -2.03. The van der Waals surface area contributed by atoms with Gasteiger partial charge in [-0.1, -0.05) is 0 Å². The summed E-state index contributed by atoms with van der Waals surface area (Å²) in [5.74, 6) is 0.926. The molecule has 0 spiro atoms. The lowest BCUT2D eigenvalue weighted by atomic mass is 9.93. The maximum Gasteiger partial charge on any atom is 0.255 e. The number of β-amino-alcohol motifs (C(OH)–C–C–N with tert-alkyl or cyclic N) is 1. The van der Waals surface area contributed by atoms with Crippen molar-refractivity contribution in [2.75, 3.05) is 58.4 Å². The van der Waals surface area contributed by atoms with E-state index in [9.17, 15) is 9.90 Å². The molecule has 2 atom stereocenters. The number of hydrogen-bond donors (Lipinski definition) is 3. The number of aliphatic hydroxyl groups excluding tert-OH is 1. The van der Waals surface area contributed by atoms with Crippen molar-refractivity contribution in [1.29, 1.82) is 0 Å². The molecule has 3 rings (SSSR count). The van der Waals surface area contributed by atoms with Crippen LogP contribution < -0.4 is 20.1 Å². The van der Waals surface area contributed by atoms with E-state index >= 15 is 0 Å². The summed E-state index contributed by atoms with van der Waals surface area (Å²) in [5.41, 5.74) is 1.29. The number of aliphatic hydroxyl groups is 1. The van der Waals surface area contributed by atoms with Crippen LogP contribution in [0.2, 0.25) is 0 Å². The van der Waals surface area contributed by atoms with Gasteiger partial charge in [-0.25, -0.2) is 0 Å². The van der Waals surface area contributed by atoms with Crippen LogP contribution in [0.5, 0.6) is 11.5 Å². The highest BCUT2D eigenvalue weighted by atomic mass is 16.5. The van der Waals surface area contributed by atoms with Crippen molar-refractivity contribution in [1.82, 2.24) is 10.2 Å². The number of piperidine rings is 1. The van der Waals surface area contributed by atoms with Crippen LogP contribution in [0.3, 0.4) is 0 Å². The number of carbonyl (C=O) groups excluding carboxylic acids is 1. The minimum Gasteiger partial charge on any atom is -0.489 e. The number of nitrogens with one attached hydrogen (secondary N) is 2. The van der Waals surface area contributed by atoms with Crippen LogP contribution in [0.15, 0.2) is 12.1 Å². The second-order valence-electron chi connectivity index (χ2n) is 8.67. The first-order valence-corrected chi connectivity index (χ1v) is 11.4. The van der Waals surface area contributed by atoms with Gasteiger partial charge in [-0.2, -0.15) is 0 Å². The molecular weight excluding hydrogens is 398 g/mol. The summed E-state index contributed by atoms with van der Waals surface area (Å²) in [6, 6.07) is 3.93. The van der Waals surface area contributed by atoms with Gasteiger partial charge in [0.1, 0.15) is 0 Å². The molecule has 0 aliphatic carbocycles. The summed E-state index contributed by atoms with van der Waals surface area (Å²) < 4.78 is 16.8. The maximum absolute atomic E-state index is 13.1. The van der Waals surface area contributed by atoms with E-state index < -0.39 is 6.10 Å². The molecule has 8 nitrogen and oxygen atoms in total. The van der Waals surface area contributed by atoms with Gasteiger partial charge in [0.15, 0.2) is 11.5 Å². The lowest BCUT2D eigenvalue weighted by Crippen LogP contribution is -2.48. The molecule has 0 bridgehead atoms. The molecule has 1 amide bonds. The fourth-order valence-electron chi connectivity index (χ4n) is 4.10.